The molecule has 3 rings (SSSR count). The molecule has 2 heterocycles. The van der Waals surface area contributed by atoms with Gasteiger partial charge in [-0.15, -0.1) is 11.6 Å². The summed E-state index contributed by atoms with van der Waals surface area (Å²) in [6.45, 7) is 1.80. The highest BCUT2D eigenvalue weighted by Crippen LogP contribution is 2.33. The fraction of sp³-hybridized carbons (Fsp3) is 0.154. The van der Waals surface area contributed by atoms with Crippen molar-refractivity contribution >= 4 is 11.6 Å². The van der Waals surface area contributed by atoms with E-state index in [1.54, 1.807) is 6.92 Å². The SMILES string of the molecule is Cc1onc(-c2ccccc2)c1-c1nc(CCl)no1. The van der Waals surface area contributed by atoms with Gasteiger partial charge in [-0.1, -0.05) is 40.6 Å². The maximum absolute atomic E-state index is 5.67. The van der Waals surface area contributed by atoms with Gasteiger partial charge in [-0.3, -0.25) is 0 Å². The van der Waals surface area contributed by atoms with Gasteiger partial charge in [-0.05, 0) is 6.92 Å². The molecule has 0 spiro atoms. The molecule has 0 aliphatic heterocycles. The van der Waals surface area contributed by atoms with Gasteiger partial charge in [0.1, 0.15) is 17.0 Å². The summed E-state index contributed by atoms with van der Waals surface area (Å²) in [5.41, 5.74) is 2.32. The van der Waals surface area contributed by atoms with Crippen LogP contribution in [0.25, 0.3) is 22.7 Å². The summed E-state index contributed by atoms with van der Waals surface area (Å²) in [5, 5.41) is 7.84. The van der Waals surface area contributed by atoms with Gasteiger partial charge < -0.3 is 9.05 Å². The number of aryl methyl sites for hydroxylation is 1. The van der Waals surface area contributed by atoms with E-state index >= 15 is 0 Å². The lowest BCUT2D eigenvalue weighted by Crippen LogP contribution is -1.85. The first kappa shape index (κ1) is 11.9. The van der Waals surface area contributed by atoms with Gasteiger partial charge in [0, 0.05) is 5.56 Å². The van der Waals surface area contributed by atoms with Gasteiger partial charge in [0.05, 0.1) is 5.88 Å². The molecule has 0 N–H and O–H groups in total. The van der Waals surface area contributed by atoms with E-state index in [9.17, 15) is 0 Å². The number of alkyl halides is 1. The van der Waals surface area contributed by atoms with Crippen LogP contribution >= 0.6 is 11.6 Å². The molecule has 0 unspecified atom stereocenters. The molecule has 0 atom stereocenters. The zero-order valence-corrected chi connectivity index (χ0v) is 10.9. The summed E-state index contributed by atoms with van der Waals surface area (Å²) < 4.78 is 10.4. The minimum atomic E-state index is 0.203. The summed E-state index contributed by atoms with van der Waals surface area (Å²) >= 11 is 5.67. The Labute approximate surface area is 114 Å². The van der Waals surface area contributed by atoms with Gasteiger partial charge >= 0.3 is 0 Å². The molecule has 0 amide bonds. The number of rotatable bonds is 3. The third-order valence-electron chi connectivity index (χ3n) is 2.71. The van der Waals surface area contributed by atoms with E-state index in [-0.39, 0.29) is 5.88 Å². The van der Waals surface area contributed by atoms with E-state index in [4.69, 9.17) is 20.6 Å². The predicted molar refractivity (Wildman–Crippen MR) is 69.5 cm³/mol. The second-order valence-electron chi connectivity index (χ2n) is 3.98. The van der Waals surface area contributed by atoms with Crippen molar-refractivity contribution in [1.29, 1.82) is 0 Å². The van der Waals surface area contributed by atoms with Crippen molar-refractivity contribution in [2.45, 2.75) is 12.8 Å². The van der Waals surface area contributed by atoms with Crippen LogP contribution in [0.3, 0.4) is 0 Å². The highest BCUT2D eigenvalue weighted by Gasteiger charge is 2.21. The average Bonchev–Trinajstić information content (AvgIpc) is 3.05. The van der Waals surface area contributed by atoms with Crippen LogP contribution in [-0.2, 0) is 5.88 Å². The minimum absolute atomic E-state index is 0.203. The molecule has 6 heteroatoms. The topological polar surface area (TPSA) is 65.0 Å². The van der Waals surface area contributed by atoms with Crippen molar-refractivity contribution in [3.8, 4) is 22.7 Å². The zero-order valence-electron chi connectivity index (χ0n) is 10.1. The van der Waals surface area contributed by atoms with Gasteiger partial charge in [0.2, 0.25) is 0 Å². The third kappa shape index (κ3) is 2.13. The molecule has 0 aliphatic rings. The Morgan fingerprint density at radius 2 is 1.89 bits per heavy atom. The molecule has 19 heavy (non-hydrogen) atoms. The van der Waals surface area contributed by atoms with Crippen molar-refractivity contribution in [1.82, 2.24) is 15.3 Å². The van der Waals surface area contributed by atoms with Gasteiger partial charge in [-0.25, -0.2) is 0 Å². The molecule has 0 radical (unpaired) electrons. The van der Waals surface area contributed by atoms with Crippen molar-refractivity contribution in [3.63, 3.8) is 0 Å². The maximum Gasteiger partial charge on any atom is 0.263 e. The molecule has 1 aromatic carbocycles. The Balaban J connectivity index is 2.14. The van der Waals surface area contributed by atoms with Crippen LogP contribution in [0.1, 0.15) is 11.6 Å². The van der Waals surface area contributed by atoms with Crippen LogP contribution in [-0.4, -0.2) is 15.3 Å². The van der Waals surface area contributed by atoms with E-state index in [0.717, 1.165) is 5.56 Å². The lowest BCUT2D eigenvalue weighted by atomic mass is 10.1. The number of halogens is 1. The first-order valence-electron chi connectivity index (χ1n) is 5.70. The van der Waals surface area contributed by atoms with Crippen molar-refractivity contribution < 1.29 is 9.05 Å². The molecular weight excluding hydrogens is 266 g/mol. The van der Waals surface area contributed by atoms with Gasteiger partial charge in [0.15, 0.2) is 5.82 Å². The van der Waals surface area contributed by atoms with Crippen LogP contribution in [0.2, 0.25) is 0 Å². The lowest BCUT2D eigenvalue weighted by Gasteiger charge is -1.97. The standard InChI is InChI=1S/C13H10ClN3O2/c1-8-11(13-15-10(7-14)16-19-13)12(17-18-8)9-5-3-2-4-6-9/h2-6H,7H2,1H3. The second kappa shape index (κ2) is 4.85. The zero-order chi connectivity index (χ0) is 13.2. The molecule has 0 saturated heterocycles. The van der Waals surface area contributed by atoms with E-state index in [2.05, 4.69) is 15.3 Å². The third-order valence-corrected chi connectivity index (χ3v) is 2.95. The Kier molecular flexibility index (Phi) is 3.05. The van der Waals surface area contributed by atoms with Crippen molar-refractivity contribution in [3.05, 3.63) is 41.9 Å². The fourth-order valence-corrected chi connectivity index (χ4v) is 1.94. The number of aromatic nitrogens is 3. The van der Waals surface area contributed by atoms with E-state index < -0.39 is 0 Å². The smallest absolute Gasteiger partial charge is 0.263 e. The second-order valence-corrected chi connectivity index (χ2v) is 4.25. The van der Waals surface area contributed by atoms with Crippen molar-refractivity contribution in [2.24, 2.45) is 0 Å². The van der Waals surface area contributed by atoms with E-state index in [1.807, 2.05) is 30.3 Å². The van der Waals surface area contributed by atoms with Crippen LogP contribution in [0.15, 0.2) is 39.4 Å². The molecule has 3 aromatic rings. The average molecular weight is 276 g/mol. The number of hydrogen-bond acceptors (Lipinski definition) is 5. The van der Waals surface area contributed by atoms with Crippen LogP contribution in [0, 0.1) is 6.92 Å². The van der Waals surface area contributed by atoms with Gasteiger partial charge in [-0.2, -0.15) is 4.98 Å². The number of hydrogen-bond donors (Lipinski definition) is 0. The molecule has 0 fully saturated rings. The molecule has 0 aliphatic carbocycles. The summed E-state index contributed by atoms with van der Waals surface area (Å²) in [7, 11) is 0. The normalized spacial score (nSPS) is 10.8. The highest BCUT2D eigenvalue weighted by molar-refractivity contribution is 6.16. The molecule has 5 nitrogen and oxygen atoms in total. The molecule has 0 saturated carbocycles. The Bertz CT molecular complexity index is 691. The first-order chi connectivity index (χ1) is 9.29. The van der Waals surface area contributed by atoms with Crippen LogP contribution in [0.5, 0.6) is 0 Å². The maximum atomic E-state index is 5.67. The quantitative estimate of drug-likeness (QED) is 0.685. The molecular formula is C13H10ClN3O2. The van der Waals surface area contributed by atoms with Crippen molar-refractivity contribution in [2.75, 3.05) is 0 Å². The van der Waals surface area contributed by atoms with Crippen LogP contribution < -0.4 is 0 Å². The first-order valence-corrected chi connectivity index (χ1v) is 6.23. The molecule has 0 bridgehead atoms. The summed E-state index contributed by atoms with van der Waals surface area (Å²) in [5.74, 6) is 1.64. The fourth-order valence-electron chi connectivity index (χ4n) is 1.83. The lowest BCUT2D eigenvalue weighted by molar-refractivity contribution is 0.397. The number of nitrogens with zero attached hydrogens (tertiary/aromatic N) is 3. The Morgan fingerprint density at radius 1 is 1.11 bits per heavy atom. The largest absolute Gasteiger partial charge is 0.360 e. The monoisotopic (exact) mass is 275 g/mol. The minimum Gasteiger partial charge on any atom is -0.360 e. The van der Waals surface area contributed by atoms with Crippen LogP contribution in [0.4, 0.5) is 0 Å². The Hall–Kier alpha value is -2.14. The molecule has 2 aromatic heterocycles. The summed E-state index contributed by atoms with van der Waals surface area (Å²) in [4.78, 5) is 4.21. The Morgan fingerprint density at radius 3 is 2.58 bits per heavy atom. The summed E-state index contributed by atoms with van der Waals surface area (Å²) in [6, 6.07) is 9.69. The molecule has 96 valence electrons. The predicted octanol–water partition coefficient (Wildman–Crippen LogP) is 3.44. The summed E-state index contributed by atoms with van der Waals surface area (Å²) in [6.07, 6.45) is 0. The number of benzene rings is 1. The highest BCUT2D eigenvalue weighted by atomic mass is 35.5. The van der Waals surface area contributed by atoms with Gasteiger partial charge in [0.25, 0.3) is 5.89 Å². The van der Waals surface area contributed by atoms with E-state index in [0.29, 0.717) is 28.7 Å². The van der Waals surface area contributed by atoms with E-state index in [1.165, 1.54) is 0 Å².